The standard InChI is InChI=1S/C19H17BrN2O3/c1-3-25-18-7-5-4-6-16(18)22-19(23)14(12-21)10-13-8-9-17(24-2)15(20)11-13/h4-11H,3H2,1-2H3,(H,22,23)/b14-10-. The first kappa shape index (κ1) is 18.6. The SMILES string of the molecule is CCOc1ccccc1NC(=O)/C(C#N)=C\c1ccc(OC)c(Br)c1. The molecule has 0 saturated heterocycles. The van der Waals surface area contributed by atoms with E-state index in [0.717, 1.165) is 4.47 Å². The summed E-state index contributed by atoms with van der Waals surface area (Å²) in [4.78, 5) is 12.4. The molecule has 6 heteroatoms. The Morgan fingerprint density at radius 2 is 2.04 bits per heavy atom. The molecule has 5 nitrogen and oxygen atoms in total. The van der Waals surface area contributed by atoms with Crippen LogP contribution < -0.4 is 14.8 Å². The quantitative estimate of drug-likeness (QED) is 0.575. The first-order valence-corrected chi connectivity index (χ1v) is 8.36. The molecule has 2 aromatic rings. The van der Waals surface area contributed by atoms with E-state index < -0.39 is 5.91 Å². The lowest BCUT2D eigenvalue weighted by Crippen LogP contribution is -2.14. The van der Waals surface area contributed by atoms with Gasteiger partial charge < -0.3 is 14.8 Å². The number of hydrogen-bond donors (Lipinski definition) is 1. The van der Waals surface area contributed by atoms with E-state index in [-0.39, 0.29) is 5.57 Å². The van der Waals surface area contributed by atoms with Crippen molar-refractivity contribution in [3.05, 3.63) is 58.1 Å². The topological polar surface area (TPSA) is 71.3 Å². The fraction of sp³-hybridized carbons (Fsp3) is 0.158. The van der Waals surface area contributed by atoms with Crippen LogP contribution in [0.2, 0.25) is 0 Å². The number of nitrogens with one attached hydrogen (secondary N) is 1. The van der Waals surface area contributed by atoms with Crippen molar-refractivity contribution < 1.29 is 14.3 Å². The number of benzene rings is 2. The van der Waals surface area contributed by atoms with Crippen molar-refractivity contribution >= 4 is 33.6 Å². The second-order valence-corrected chi connectivity index (χ2v) is 5.80. The van der Waals surface area contributed by atoms with Gasteiger partial charge >= 0.3 is 0 Å². The fourth-order valence-electron chi connectivity index (χ4n) is 2.13. The van der Waals surface area contributed by atoms with E-state index in [4.69, 9.17) is 9.47 Å². The molecule has 0 bridgehead atoms. The number of halogens is 1. The second-order valence-electron chi connectivity index (χ2n) is 4.95. The highest BCUT2D eigenvalue weighted by molar-refractivity contribution is 9.10. The average molecular weight is 401 g/mol. The van der Waals surface area contributed by atoms with E-state index in [1.54, 1.807) is 43.5 Å². The van der Waals surface area contributed by atoms with E-state index in [9.17, 15) is 10.1 Å². The summed E-state index contributed by atoms with van der Waals surface area (Å²) in [6.07, 6.45) is 1.52. The van der Waals surface area contributed by atoms with Crippen LogP contribution in [0.5, 0.6) is 11.5 Å². The average Bonchev–Trinajstić information content (AvgIpc) is 2.61. The van der Waals surface area contributed by atoms with Crippen LogP contribution in [0.1, 0.15) is 12.5 Å². The van der Waals surface area contributed by atoms with Gasteiger partial charge in [-0.3, -0.25) is 4.79 Å². The first-order chi connectivity index (χ1) is 12.1. The van der Waals surface area contributed by atoms with Gasteiger partial charge in [-0.1, -0.05) is 18.2 Å². The number of nitrogens with zero attached hydrogens (tertiary/aromatic N) is 1. The second kappa shape index (κ2) is 8.90. The van der Waals surface area contributed by atoms with Crippen LogP contribution in [-0.4, -0.2) is 19.6 Å². The third-order valence-corrected chi connectivity index (χ3v) is 3.91. The zero-order chi connectivity index (χ0) is 18.2. The molecule has 0 aliphatic carbocycles. The maximum atomic E-state index is 12.4. The van der Waals surface area contributed by atoms with Gasteiger partial charge in [0.15, 0.2) is 0 Å². The van der Waals surface area contributed by atoms with Crippen LogP contribution in [-0.2, 0) is 4.79 Å². The summed E-state index contributed by atoms with van der Waals surface area (Å²) in [6, 6.07) is 14.3. The third-order valence-electron chi connectivity index (χ3n) is 3.29. The Hall–Kier alpha value is -2.78. The Kier molecular flexibility index (Phi) is 6.61. The molecule has 25 heavy (non-hydrogen) atoms. The number of anilines is 1. The van der Waals surface area contributed by atoms with Crippen LogP contribution in [0.4, 0.5) is 5.69 Å². The lowest BCUT2D eigenvalue weighted by molar-refractivity contribution is -0.112. The molecule has 0 heterocycles. The minimum atomic E-state index is -0.499. The van der Waals surface area contributed by atoms with Gasteiger partial charge in [0.2, 0.25) is 0 Å². The lowest BCUT2D eigenvalue weighted by Gasteiger charge is -2.11. The largest absolute Gasteiger partial charge is 0.496 e. The van der Waals surface area contributed by atoms with E-state index in [1.165, 1.54) is 6.08 Å². The van der Waals surface area contributed by atoms with Gasteiger partial charge in [-0.2, -0.15) is 5.26 Å². The van der Waals surface area contributed by atoms with Gasteiger partial charge in [-0.05, 0) is 58.8 Å². The minimum absolute atomic E-state index is 0.0108. The lowest BCUT2D eigenvalue weighted by atomic mass is 10.1. The van der Waals surface area contributed by atoms with E-state index >= 15 is 0 Å². The minimum Gasteiger partial charge on any atom is -0.496 e. The molecule has 0 fully saturated rings. The summed E-state index contributed by atoms with van der Waals surface area (Å²) >= 11 is 3.38. The number of ether oxygens (including phenoxy) is 2. The maximum Gasteiger partial charge on any atom is 0.266 e. The molecule has 0 saturated carbocycles. The van der Waals surface area contributed by atoms with E-state index in [1.807, 2.05) is 19.1 Å². The Morgan fingerprint density at radius 1 is 1.28 bits per heavy atom. The predicted molar refractivity (Wildman–Crippen MR) is 101 cm³/mol. The predicted octanol–water partition coefficient (Wildman–Crippen LogP) is 4.40. The summed E-state index contributed by atoms with van der Waals surface area (Å²) in [7, 11) is 1.57. The highest BCUT2D eigenvalue weighted by Gasteiger charge is 2.12. The van der Waals surface area contributed by atoms with E-state index in [0.29, 0.717) is 29.4 Å². The molecule has 0 spiro atoms. The smallest absolute Gasteiger partial charge is 0.266 e. The Balaban J connectivity index is 2.24. The molecule has 2 aromatic carbocycles. The molecule has 128 valence electrons. The van der Waals surface area contributed by atoms with Crippen LogP contribution in [0.15, 0.2) is 52.5 Å². The molecule has 0 radical (unpaired) electrons. The number of para-hydroxylation sites is 2. The van der Waals surface area contributed by atoms with Gasteiger partial charge in [0.25, 0.3) is 5.91 Å². The number of carbonyl (C=O) groups excluding carboxylic acids is 1. The van der Waals surface area contributed by atoms with Crippen molar-refractivity contribution in [3.8, 4) is 17.6 Å². The first-order valence-electron chi connectivity index (χ1n) is 7.57. The zero-order valence-corrected chi connectivity index (χ0v) is 15.5. The molecule has 0 unspecified atom stereocenters. The highest BCUT2D eigenvalue weighted by Crippen LogP contribution is 2.27. The van der Waals surface area contributed by atoms with Crippen molar-refractivity contribution in [2.75, 3.05) is 19.0 Å². The van der Waals surface area contributed by atoms with Crippen LogP contribution in [0.3, 0.4) is 0 Å². The Bertz CT molecular complexity index is 841. The number of amides is 1. The number of rotatable bonds is 6. The third kappa shape index (κ3) is 4.85. The number of hydrogen-bond acceptors (Lipinski definition) is 4. The molecule has 0 atom stereocenters. The maximum absolute atomic E-state index is 12.4. The molecule has 2 rings (SSSR count). The molecule has 0 aliphatic heterocycles. The zero-order valence-electron chi connectivity index (χ0n) is 13.9. The molecular formula is C19H17BrN2O3. The van der Waals surface area contributed by atoms with Crippen molar-refractivity contribution in [1.29, 1.82) is 5.26 Å². The summed E-state index contributed by atoms with van der Waals surface area (Å²) in [5, 5.41) is 12.0. The Morgan fingerprint density at radius 3 is 2.68 bits per heavy atom. The molecule has 1 amide bonds. The monoisotopic (exact) mass is 400 g/mol. The summed E-state index contributed by atoms with van der Waals surface area (Å²) < 4.78 is 11.4. The highest BCUT2D eigenvalue weighted by atomic mass is 79.9. The normalized spacial score (nSPS) is 10.7. The van der Waals surface area contributed by atoms with Crippen LogP contribution in [0, 0.1) is 11.3 Å². The van der Waals surface area contributed by atoms with Crippen molar-refractivity contribution in [3.63, 3.8) is 0 Å². The van der Waals surface area contributed by atoms with Crippen molar-refractivity contribution in [2.45, 2.75) is 6.92 Å². The number of nitriles is 1. The van der Waals surface area contributed by atoms with Crippen molar-refractivity contribution in [2.24, 2.45) is 0 Å². The van der Waals surface area contributed by atoms with Crippen LogP contribution >= 0.6 is 15.9 Å². The Labute approximate surface area is 155 Å². The van der Waals surface area contributed by atoms with Crippen molar-refractivity contribution in [1.82, 2.24) is 0 Å². The molecule has 0 aromatic heterocycles. The van der Waals surface area contributed by atoms with Gasteiger partial charge in [0.1, 0.15) is 23.1 Å². The molecule has 0 aliphatic rings. The van der Waals surface area contributed by atoms with Gasteiger partial charge in [-0.15, -0.1) is 0 Å². The molecular weight excluding hydrogens is 384 g/mol. The number of carbonyl (C=O) groups is 1. The van der Waals surface area contributed by atoms with Crippen LogP contribution in [0.25, 0.3) is 6.08 Å². The van der Waals surface area contributed by atoms with Gasteiger partial charge in [0, 0.05) is 0 Å². The van der Waals surface area contributed by atoms with E-state index in [2.05, 4.69) is 21.2 Å². The van der Waals surface area contributed by atoms with Gasteiger partial charge in [0.05, 0.1) is 23.9 Å². The number of methoxy groups -OCH3 is 1. The summed E-state index contributed by atoms with van der Waals surface area (Å²) in [6.45, 7) is 2.34. The molecule has 1 N–H and O–H groups in total. The fourth-order valence-corrected chi connectivity index (χ4v) is 2.69. The van der Waals surface area contributed by atoms with Gasteiger partial charge in [-0.25, -0.2) is 0 Å². The summed E-state index contributed by atoms with van der Waals surface area (Å²) in [5.74, 6) is 0.732. The summed E-state index contributed by atoms with van der Waals surface area (Å²) in [5.41, 5.74) is 1.22.